The summed E-state index contributed by atoms with van der Waals surface area (Å²) in [6.07, 6.45) is 0.753. The van der Waals surface area contributed by atoms with E-state index >= 15 is 0 Å². The van der Waals surface area contributed by atoms with Crippen LogP contribution in [0.4, 0.5) is 0 Å². The van der Waals surface area contributed by atoms with E-state index < -0.39 is 12.0 Å². The van der Waals surface area contributed by atoms with Crippen LogP contribution in [0.5, 0.6) is 0 Å². The van der Waals surface area contributed by atoms with Crippen LogP contribution < -0.4 is 5.43 Å². The van der Waals surface area contributed by atoms with Crippen LogP contribution in [0.15, 0.2) is 51.7 Å². The third-order valence-electron chi connectivity index (χ3n) is 6.75. The van der Waals surface area contributed by atoms with Crippen LogP contribution in [0.1, 0.15) is 50.1 Å². The SMILES string of the molecule is COC(=O)c1ccc([C@H]2c3c(oc4ccc(C)cc4c3=O)C(=O)N2CCCN2CCOCC2)cc1. The molecule has 0 saturated carbocycles. The highest BCUT2D eigenvalue weighted by Gasteiger charge is 2.42. The molecule has 0 aliphatic carbocycles. The zero-order valence-corrected chi connectivity index (χ0v) is 19.9. The van der Waals surface area contributed by atoms with Crippen LogP contribution in [0.3, 0.4) is 0 Å². The van der Waals surface area contributed by atoms with Crippen LogP contribution in [0, 0.1) is 6.92 Å². The van der Waals surface area contributed by atoms with E-state index in [4.69, 9.17) is 13.9 Å². The predicted molar refractivity (Wildman–Crippen MR) is 130 cm³/mol. The first-order valence-corrected chi connectivity index (χ1v) is 11.8. The summed E-state index contributed by atoms with van der Waals surface area (Å²) >= 11 is 0. The molecule has 0 radical (unpaired) electrons. The van der Waals surface area contributed by atoms with Gasteiger partial charge in [-0.25, -0.2) is 4.79 Å². The Balaban J connectivity index is 1.53. The molecule has 3 heterocycles. The molecule has 1 fully saturated rings. The van der Waals surface area contributed by atoms with Crippen molar-refractivity contribution in [2.24, 2.45) is 0 Å². The van der Waals surface area contributed by atoms with Crippen molar-refractivity contribution >= 4 is 22.8 Å². The summed E-state index contributed by atoms with van der Waals surface area (Å²) in [5, 5.41) is 0.461. The second-order valence-electron chi connectivity index (χ2n) is 9.00. The molecule has 0 unspecified atom stereocenters. The fourth-order valence-electron chi connectivity index (χ4n) is 4.92. The number of rotatable bonds is 6. The number of aryl methyl sites for hydroxylation is 1. The number of hydrogen-bond acceptors (Lipinski definition) is 7. The number of fused-ring (bicyclic) bond motifs is 2. The summed E-state index contributed by atoms with van der Waals surface area (Å²) in [5.74, 6) is -0.633. The highest BCUT2D eigenvalue weighted by atomic mass is 16.5. The summed E-state index contributed by atoms with van der Waals surface area (Å²) in [5.41, 5.74) is 2.65. The van der Waals surface area contributed by atoms with Crippen LogP contribution in [0.25, 0.3) is 11.0 Å². The molecular formula is C27H28N2O6. The van der Waals surface area contributed by atoms with E-state index in [0.29, 0.717) is 41.9 Å². The Kier molecular flexibility index (Phi) is 6.40. The van der Waals surface area contributed by atoms with Crippen LogP contribution in [-0.2, 0) is 9.47 Å². The van der Waals surface area contributed by atoms with Crippen molar-refractivity contribution in [1.82, 2.24) is 9.80 Å². The quantitative estimate of drug-likeness (QED) is 0.505. The Morgan fingerprint density at radius 1 is 1.06 bits per heavy atom. The van der Waals surface area contributed by atoms with Gasteiger partial charge in [-0.15, -0.1) is 0 Å². The molecule has 182 valence electrons. The third kappa shape index (κ3) is 4.35. The van der Waals surface area contributed by atoms with Gasteiger partial charge in [0.25, 0.3) is 5.91 Å². The molecule has 1 saturated heterocycles. The fraction of sp³-hybridized carbons (Fsp3) is 0.370. The van der Waals surface area contributed by atoms with E-state index in [1.165, 1.54) is 7.11 Å². The molecule has 1 atom stereocenters. The molecule has 8 nitrogen and oxygen atoms in total. The van der Waals surface area contributed by atoms with Crippen molar-refractivity contribution in [1.29, 1.82) is 0 Å². The van der Waals surface area contributed by atoms with Crippen LogP contribution in [-0.4, -0.2) is 68.2 Å². The molecule has 0 N–H and O–H groups in total. The summed E-state index contributed by atoms with van der Waals surface area (Å²) in [4.78, 5) is 43.1. The lowest BCUT2D eigenvalue weighted by Gasteiger charge is -2.29. The number of benzene rings is 2. The molecule has 0 bridgehead atoms. The molecule has 0 spiro atoms. The average molecular weight is 477 g/mol. The molecule has 5 rings (SSSR count). The van der Waals surface area contributed by atoms with E-state index in [-0.39, 0.29) is 17.1 Å². The van der Waals surface area contributed by atoms with E-state index in [9.17, 15) is 14.4 Å². The second kappa shape index (κ2) is 9.64. The van der Waals surface area contributed by atoms with Crippen molar-refractivity contribution in [2.45, 2.75) is 19.4 Å². The first-order valence-electron chi connectivity index (χ1n) is 11.8. The fourth-order valence-corrected chi connectivity index (χ4v) is 4.92. The number of carbonyl (C=O) groups is 2. The molecular weight excluding hydrogens is 448 g/mol. The minimum Gasteiger partial charge on any atom is -0.465 e. The molecule has 3 aromatic rings. The lowest BCUT2D eigenvalue weighted by Crippen LogP contribution is -2.38. The first kappa shape index (κ1) is 23.3. The van der Waals surface area contributed by atoms with Gasteiger partial charge in [0.05, 0.1) is 42.9 Å². The third-order valence-corrected chi connectivity index (χ3v) is 6.75. The van der Waals surface area contributed by atoms with Gasteiger partial charge in [-0.1, -0.05) is 23.8 Å². The molecule has 8 heteroatoms. The lowest BCUT2D eigenvalue weighted by molar-refractivity contribution is 0.0353. The first-order chi connectivity index (χ1) is 17.0. The van der Waals surface area contributed by atoms with Crippen molar-refractivity contribution in [3.8, 4) is 0 Å². The number of methoxy groups -OCH3 is 1. The number of hydrogen-bond donors (Lipinski definition) is 0. The van der Waals surface area contributed by atoms with Crippen LogP contribution >= 0.6 is 0 Å². The summed E-state index contributed by atoms with van der Waals surface area (Å²) in [6.45, 7) is 6.40. The maximum atomic E-state index is 13.7. The molecule has 2 aliphatic heterocycles. The molecule has 1 aromatic heterocycles. The van der Waals surface area contributed by atoms with Crippen LogP contribution in [0.2, 0.25) is 0 Å². The van der Waals surface area contributed by atoms with Gasteiger partial charge < -0.3 is 18.8 Å². The van der Waals surface area contributed by atoms with Gasteiger partial charge in [0.1, 0.15) is 5.58 Å². The van der Waals surface area contributed by atoms with Gasteiger partial charge in [0.15, 0.2) is 5.43 Å². The van der Waals surface area contributed by atoms with Crippen molar-refractivity contribution in [3.63, 3.8) is 0 Å². The Morgan fingerprint density at radius 3 is 2.51 bits per heavy atom. The van der Waals surface area contributed by atoms with E-state index in [0.717, 1.165) is 37.2 Å². The lowest BCUT2D eigenvalue weighted by atomic mass is 9.97. The van der Waals surface area contributed by atoms with Crippen molar-refractivity contribution in [3.05, 3.63) is 80.7 Å². The molecule has 2 aliphatic rings. The van der Waals surface area contributed by atoms with Gasteiger partial charge in [-0.2, -0.15) is 0 Å². The minimum atomic E-state index is -0.588. The maximum Gasteiger partial charge on any atom is 0.337 e. The average Bonchev–Trinajstić information content (AvgIpc) is 3.16. The Hall–Kier alpha value is -3.49. The normalized spacial score (nSPS) is 18.2. The van der Waals surface area contributed by atoms with Gasteiger partial charge >= 0.3 is 5.97 Å². The number of ether oxygens (including phenoxy) is 2. The summed E-state index contributed by atoms with van der Waals surface area (Å²) in [7, 11) is 1.33. The maximum absolute atomic E-state index is 13.7. The summed E-state index contributed by atoms with van der Waals surface area (Å²) < 4.78 is 16.2. The Bertz CT molecular complexity index is 1320. The van der Waals surface area contributed by atoms with Gasteiger partial charge in [-0.3, -0.25) is 14.5 Å². The van der Waals surface area contributed by atoms with Gasteiger partial charge in [-0.05, 0) is 43.2 Å². The monoisotopic (exact) mass is 476 g/mol. The smallest absolute Gasteiger partial charge is 0.337 e. The van der Waals surface area contributed by atoms with Gasteiger partial charge in [0.2, 0.25) is 5.76 Å². The Morgan fingerprint density at radius 2 is 1.80 bits per heavy atom. The topological polar surface area (TPSA) is 89.3 Å². The van der Waals surface area contributed by atoms with E-state index in [1.807, 2.05) is 13.0 Å². The van der Waals surface area contributed by atoms with Gasteiger partial charge in [0, 0.05) is 26.2 Å². The molecule has 2 aromatic carbocycles. The number of carbonyl (C=O) groups excluding carboxylic acids is 2. The predicted octanol–water partition coefficient (Wildman–Crippen LogP) is 3.16. The number of amides is 1. The molecule has 1 amide bonds. The summed E-state index contributed by atoms with van der Waals surface area (Å²) in [6, 6.07) is 11.7. The Labute approximate surface area is 203 Å². The van der Waals surface area contributed by atoms with Crippen molar-refractivity contribution < 1.29 is 23.5 Å². The number of esters is 1. The molecule has 35 heavy (non-hydrogen) atoms. The largest absolute Gasteiger partial charge is 0.465 e. The highest BCUT2D eigenvalue weighted by Crippen LogP contribution is 2.38. The highest BCUT2D eigenvalue weighted by molar-refractivity contribution is 5.99. The zero-order chi connectivity index (χ0) is 24.5. The number of morpholine rings is 1. The van der Waals surface area contributed by atoms with Crippen molar-refractivity contribution in [2.75, 3.05) is 46.5 Å². The van der Waals surface area contributed by atoms with E-state index in [1.54, 1.807) is 41.3 Å². The minimum absolute atomic E-state index is 0.0970. The zero-order valence-electron chi connectivity index (χ0n) is 19.9. The standard InChI is InChI=1S/C27H28N2O6/c1-17-4-9-21-20(16-17)24(30)22-23(18-5-7-19(8-6-18)27(32)33-2)29(26(31)25(22)35-21)11-3-10-28-12-14-34-15-13-28/h4-9,16,23H,3,10-15H2,1-2H3/t23-/m0/s1. The second-order valence-corrected chi connectivity index (χ2v) is 9.00. The van der Waals surface area contributed by atoms with E-state index in [2.05, 4.69) is 4.90 Å². The number of nitrogens with zero attached hydrogens (tertiary/aromatic N) is 2.